The first-order valence-electron chi connectivity index (χ1n) is 9.05. The molecule has 0 saturated carbocycles. The Balaban J connectivity index is 1.55. The summed E-state index contributed by atoms with van der Waals surface area (Å²) in [6, 6.07) is 11.1. The van der Waals surface area contributed by atoms with Crippen molar-refractivity contribution in [2.45, 2.75) is 22.7 Å². The Morgan fingerprint density at radius 1 is 1.18 bits per heavy atom. The van der Waals surface area contributed by atoms with Crippen molar-refractivity contribution < 1.29 is 22.8 Å². The topological polar surface area (TPSA) is 79.2 Å². The summed E-state index contributed by atoms with van der Waals surface area (Å²) in [6.45, 7) is 0.926. The molecule has 2 aromatic carbocycles. The van der Waals surface area contributed by atoms with Gasteiger partial charge in [0.1, 0.15) is 5.82 Å². The van der Waals surface area contributed by atoms with E-state index in [9.17, 15) is 12.8 Å². The molecule has 2 aliphatic heterocycles. The summed E-state index contributed by atoms with van der Waals surface area (Å²) in [4.78, 5) is 7.28. The highest BCUT2D eigenvalue weighted by Gasteiger charge is 2.36. The van der Waals surface area contributed by atoms with E-state index in [4.69, 9.17) is 9.94 Å². The molecule has 28 heavy (non-hydrogen) atoms. The molecule has 1 atom stereocenters. The van der Waals surface area contributed by atoms with Crippen LogP contribution < -0.4 is 0 Å². The molecule has 4 rings (SSSR count). The number of likely N-dealkylation sites (tertiary alicyclic amines) is 1. The zero-order chi connectivity index (χ0) is 19.9. The second kappa shape index (κ2) is 7.27. The molecule has 0 aliphatic carbocycles. The third-order valence-corrected chi connectivity index (χ3v) is 7.31. The second-order valence-corrected chi connectivity index (χ2v) is 9.49. The van der Waals surface area contributed by atoms with Crippen molar-refractivity contribution in [1.29, 1.82) is 0 Å². The van der Waals surface area contributed by atoms with Gasteiger partial charge in [-0.05, 0) is 30.8 Å². The Morgan fingerprint density at radius 2 is 1.86 bits per heavy atom. The number of rotatable bonds is 5. The number of oxime groups is 1. The van der Waals surface area contributed by atoms with Crippen LogP contribution in [0, 0.1) is 5.82 Å². The molecule has 2 aromatic rings. The van der Waals surface area contributed by atoms with Crippen molar-refractivity contribution in [2.24, 2.45) is 5.16 Å². The van der Waals surface area contributed by atoms with Crippen LogP contribution in [0.1, 0.15) is 12.0 Å². The number of hydrogen-bond acceptors (Lipinski definition) is 6. The van der Waals surface area contributed by atoms with Crippen molar-refractivity contribution in [3.05, 3.63) is 53.8 Å². The summed E-state index contributed by atoms with van der Waals surface area (Å²) < 4.78 is 39.8. The first kappa shape index (κ1) is 19.0. The van der Waals surface area contributed by atoms with Gasteiger partial charge in [0.15, 0.2) is 15.9 Å². The van der Waals surface area contributed by atoms with Gasteiger partial charge in [-0.1, -0.05) is 29.4 Å². The van der Waals surface area contributed by atoms with Crippen molar-refractivity contribution >= 4 is 15.5 Å². The average Bonchev–Trinajstić information content (AvgIpc) is 3.15. The largest absolute Gasteiger partial charge is 0.392 e. The lowest BCUT2D eigenvalue weighted by atomic mass is 9.99. The smallest absolute Gasteiger partial charge is 0.183 e. The lowest BCUT2D eigenvalue weighted by molar-refractivity contribution is 0.0390. The fourth-order valence-electron chi connectivity index (χ4n) is 3.48. The molecule has 0 bridgehead atoms. The summed E-state index contributed by atoms with van der Waals surface area (Å²) in [6.07, 6.45) is 0.0424. The molecule has 1 N–H and O–H groups in total. The number of sulfone groups is 1. The molecule has 2 aliphatic rings. The van der Waals surface area contributed by atoms with Crippen LogP contribution in [0.15, 0.2) is 52.5 Å². The molecule has 0 radical (unpaired) electrons. The van der Waals surface area contributed by atoms with Gasteiger partial charge in [-0.25, -0.2) is 12.8 Å². The molecule has 0 aromatic heterocycles. The lowest BCUT2D eigenvalue weighted by Gasteiger charge is -2.35. The zero-order valence-electron chi connectivity index (χ0n) is 15.4. The van der Waals surface area contributed by atoms with E-state index in [0.29, 0.717) is 41.9 Å². The molecule has 148 valence electrons. The number of aliphatic hydroxyl groups is 1. The van der Waals surface area contributed by atoms with Crippen LogP contribution in [0.4, 0.5) is 4.39 Å². The monoisotopic (exact) mass is 404 g/mol. The minimum Gasteiger partial charge on any atom is -0.392 e. The van der Waals surface area contributed by atoms with E-state index in [1.165, 1.54) is 18.2 Å². The molecular weight excluding hydrogens is 383 g/mol. The van der Waals surface area contributed by atoms with Crippen LogP contribution >= 0.6 is 0 Å². The number of aliphatic hydroxyl groups excluding tert-OH is 1. The molecule has 1 saturated heterocycles. The van der Waals surface area contributed by atoms with Gasteiger partial charge in [-0.2, -0.15) is 0 Å². The van der Waals surface area contributed by atoms with E-state index in [2.05, 4.69) is 5.16 Å². The summed E-state index contributed by atoms with van der Waals surface area (Å²) in [5, 5.41) is 12.6. The van der Waals surface area contributed by atoms with Crippen LogP contribution in [-0.2, 0) is 14.7 Å². The predicted molar refractivity (Wildman–Crippen MR) is 103 cm³/mol. The highest BCUT2D eigenvalue weighted by molar-refractivity contribution is 7.92. The Bertz CT molecular complexity index is 1020. The molecule has 1 fully saturated rings. The summed E-state index contributed by atoms with van der Waals surface area (Å²) in [5.41, 5.74) is 2.18. The maximum atomic E-state index is 14.7. The standard InChI is InChI=1S/C20H21FN2O4S/c1-23-10-17(11-23)28(25,26)16-5-2-13(3-6-16)18-7-4-14(8-19(18)21)20-9-15(12-24)27-22-20/h2-8,15,17,24H,9-12H2,1H3/t15-/m1/s1. The maximum Gasteiger partial charge on any atom is 0.183 e. The van der Waals surface area contributed by atoms with E-state index in [1.54, 1.807) is 24.3 Å². The third-order valence-electron chi connectivity index (χ3n) is 5.20. The van der Waals surface area contributed by atoms with E-state index in [1.807, 2.05) is 11.9 Å². The van der Waals surface area contributed by atoms with Crippen LogP contribution in [0.2, 0.25) is 0 Å². The second-order valence-electron chi connectivity index (χ2n) is 7.26. The molecule has 8 heteroatoms. The molecule has 0 spiro atoms. The highest BCUT2D eigenvalue weighted by Crippen LogP contribution is 2.28. The molecular formula is C20H21FN2O4S. The van der Waals surface area contributed by atoms with Gasteiger partial charge in [0, 0.05) is 30.6 Å². The van der Waals surface area contributed by atoms with Gasteiger partial charge in [0.05, 0.1) is 22.5 Å². The van der Waals surface area contributed by atoms with E-state index >= 15 is 0 Å². The SMILES string of the molecule is CN1CC(S(=O)(=O)c2ccc(-c3ccc(C4=NO[C@@H](CO)C4)cc3F)cc2)C1. The third kappa shape index (κ3) is 3.43. The Morgan fingerprint density at radius 3 is 2.43 bits per heavy atom. The van der Waals surface area contributed by atoms with Gasteiger partial charge in [0.2, 0.25) is 0 Å². The summed E-state index contributed by atoms with van der Waals surface area (Å²) in [7, 11) is -1.47. The van der Waals surface area contributed by atoms with Gasteiger partial charge in [0.25, 0.3) is 0 Å². The van der Waals surface area contributed by atoms with Crippen molar-refractivity contribution in [3.8, 4) is 11.1 Å². The van der Waals surface area contributed by atoms with Gasteiger partial charge in [-0.15, -0.1) is 0 Å². The number of hydrogen-bond donors (Lipinski definition) is 1. The van der Waals surface area contributed by atoms with E-state index < -0.39 is 15.7 Å². The van der Waals surface area contributed by atoms with Crippen molar-refractivity contribution in [1.82, 2.24) is 4.90 Å². The summed E-state index contributed by atoms with van der Waals surface area (Å²) in [5.74, 6) is -0.427. The zero-order valence-corrected chi connectivity index (χ0v) is 16.2. The highest BCUT2D eigenvalue weighted by atomic mass is 32.2. The first-order chi connectivity index (χ1) is 13.4. The van der Waals surface area contributed by atoms with Crippen LogP contribution in [0.5, 0.6) is 0 Å². The fraction of sp³-hybridized carbons (Fsp3) is 0.350. The van der Waals surface area contributed by atoms with Crippen LogP contribution in [0.3, 0.4) is 0 Å². The van der Waals surface area contributed by atoms with Crippen molar-refractivity contribution in [3.63, 3.8) is 0 Å². The van der Waals surface area contributed by atoms with Crippen LogP contribution in [-0.4, -0.2) is 62.2 Å². The Hall–Kier alpha value is -2.29. The number of halogens is 1. The first-order valence-corrected chi connectivity index (χ1v) is 10.6. The Labute approximate surface area is 163 Å². The molecule has 0 unspecified atom stereocenters. The molecule has 2 heterocycles. The maximum absolute atomic E-state index is 14.7. The van der Waals surface area contributed by atoms with Crippen LogP contribution in [0.25, 0.3) is 11.1 Å². The summed E-state index contributed by atoms with van der Waals surface area (Å²) >= 11 is 0. The minimum absolute atomic E-state index is 0.139. The minimum atomic E-state index is -3.36. The number of nitrogens with zero attached hydrogens (tertiary/aromatic N) is 2. The van der Waals surface area contributed by atoms with Crippen molar-refractivity contribution in [2.75, 3.05) is 26.7 Å². The van der Waals surface area contributed by atoms with E-state index in [-0.39, 0.29) is 22.9 Å². The molecule has 0 amide bonds. The Kier molecular flexibility index (Phi) is 4.95. The van der Waals surface area contributed by atoms with Gasteiger partial charge >= 0.3 is 0 Å². The molecule has 6 nitrogen and oxygen atoms in total. The quantitative estimate of drug-likeness (QED) is 0.825. The van der Waals surface area contributed by atoms with Gasteiger partial charge in [-0.3, -0.25) is 0 Å². The fourth-order valence-corrected chi connectivity index (χ4v) is 5.28. The number of benzene rings is 2. The predicted octanol–water partition coefficient (Wildman–Crippen LogP) is 2.07. The van der Waals surface area contributed by atoms with Gasteiger partial charge < -0.3 is 14.8 Å². The van der Waals surface area contributed by atoms with E-state index in [0.717, 1.165) is 0 Å². The normalized spacial score (nSPS) is 20.5. The average molecular weight is 404 g/mol. The lowest BCUT2D eigenvalue weighted by Crippen LogP contribution is -2.52.